The van der Waals surface area contributed by atoms with Crippen LogP contribution in [-0.4, -0.2) is 62.1 Å². The molecule has 2 aromatic carbocycles. The number of methoxy groups -OCH3 is 1. The van der Waals surface area contributed by atoms with E-state index in [-0.39, 0.29) is 11.7 Å². The third-order valence-corrected chi connectivity index (χ3v) is 5.54. The largest absolute Gasteiger partial charge is 0.496 e. The fraction of sp³-hybridized carbons (Fsp3) is 0.435. The van der Waals surface area contributed by atoms with Gasteiger partial charge in [0, 0.05) is 62.6 Å². The SMILES string of the molecule is CCN(CC)c1ccc(C(=O)N2CCN(Cc3cc(F)ccc3OC)CC2)cc1. The van der Waals surface area contributed by atoms with Crippen molar-refractivity contribution in [3.63, 3.8) is 0 Å². The van der Waals surface area contributed by atoms with Gasteiger partial charge in [-0.1, -0.05) is 0 Å². The van der Waals surface area contributed by atoms with Crippen LogP contribution in [0.25, 0.3) is 0 Å². The fourth-order valence-corrected chi connectivity index (χ4v) is 3.81. The van der Waals surface area contributed by atoms with Crippen molar-refractivity contribution in [2.75, 3.05) is 51.3 Å². The number of hydrogen-bond donors (Lipinski definition) is 0. The summed E-state index contributed by atoms with van der Waals surface area (Å²) >= 11 is 0. The summed E-state index contributed by atoms with van der Waals surface area (Å²) in [6, 6.07) is 12.5. The average molecular weight is 400 g/mol. The summed E-state index contributed by atoms with van der Waals surface area (Å²) in [5.41, 5.74) is 2.70. The molecule has 0 saturated carbocycles. The minimum absolute atomic E-state index is 0.0686. The lowest BCUT2D eigenvalue weighted by molar-refractivity contribution is 0.0627. The predicted molar refractivity (Wildman–Crippen MR) is 114 cm³/mol. The molecule has 0 radical (unpaired) electrons. The van der Waals surface area contributed by atoms with E-state index in [2.05, 4.69) is 23.6 Å². The Morgan fingerprint density at radius 1 is 1.03 bits per heavy atom. The van der Waals surface area contributed by atoms with Crippen LogP contribution in [0.4, 0.5) is 10.1 Å². The van der Waals surface area contributed by atoms with Crippen LogP contribution >= 0.6 is 0 Å². The molecule has 2 aromatic rings. The average Bonchev–Trinajstić information content (AvgIpc) is 2.75. The molecular formula is C23H30FN3O2. The van der Waals surface area contributed by atoms with E-state index in [0.717, 1.165) is 43.0 Å². The minimum atomic E-state index is -0.261. The van der Waals surface area contributed by atoms with E-state index >= 15 is 0 Å². The third kappa shape index (κ3) is 5.07. The first-order valence-electron chi connectivity index (χ1n) is 10.2. The van der Waals surface area contributed by atoms with Gasteiger partial charge in [-0.2, -0.15) is 0 Å². The zero-order chi connectivity index (χ0) is 20.8. The lowest BCUT2D eigenvalue weighted by Crippen LogP contribution is -2.48. The van der Waals surface area contributed by atoms with E-state index in [1.165, 1.54) is 12.1 Å². The first kappa shape index (κ1) is 21.1. The summed E-state index contributed by atoms with van der Waals surface area (Å²) in [4.78, 5) is 19.2. The van der Waals surface area contributed by atoms with E-state index in [1.54, 1.807) is 13.2 Å². The number of hydrogen-bond acceptors (Lipinski definition) is 4. The molecule has 1 aliphatic heterocycles. The Kier molecular flexibility index (Phi) is 7.09. The standard InChI is InChI=1S/C23H30FN3O2/c1-4-26(5-2)21-9-6-18(7-10-21)23(28)27-14-12-25(13-15-27)17-19-16-20(24)8-11-22(19)29-3/h6-11,16H,4-5,12-15,17H2,1-3H3. The molecule has 0 aromatic heterocycles. The first-order chi connectivity index (χ1) is 14.0. The molecule has 0 unspecified atom stereocenters. The zero-order valence-corrected chi connectivity index (χ0v) is 17.5. The van der Waals surface area contributed by atoms with Gasteiger partial charge in [-0.25, -0.2) is 4.39 Å². The second kappa shape index (κ2) is 9.74. The van der Waals surface area contributed by atoms with Gasteiger partial charge in [0.15, 0.2) is 0 Å². The monoisotopic (exact) mass is 399 g/mol. The van der Waals surface area contributed by atoms with Crippen molar-refractivity contribution in [1.82, 2.24) is 9.80 Å². The fourth-order valence-electron chi connectivity index (χ4n) is 3.81. The number of anilines is 1. The summed E-state index contributed by atoms with van der Waals surface area (Å²) in [7, 11) is 1.60. The van der Waals surface area contributed by atoms with E-state index in [1.807, 2.05) is 29.2 Å². The number of ether oxygens (including phenoxy) is 1. The highest BCUT2D eigenvalue weighted by Crippen LogP contribution is 2.22. The summed E-state index contributed by atoms with van der Waals surface area (Å²) < 4.78 is 18.9. The Hall–Kier alpha value is -2.60. The Morgan fingerprint density at radius 3 is 2.28 bits per heavy atom. The molecule has 5 nitrogen and oxygen atoms in total. The molecule has 1 fully saturated rings. The number of benzene rings is 2. The smallest absolute Gasteiger partial charge is 0.253 e. The molecule has 0 spiro atoms. The second-order valence-corrected chi connectivity index (χ2v) is 7.24. The van der Waals surface area contributed by atoms with Crippen LogP contribution in [0.1, 0.15) is 29.8 Å². The number of halogens is 1. The molecule has 1 saturated heterocycles. The van der Waals surface area contributed by atoms with Crippen LogP contribution in [0.3, 0.4) is 0 Å². The van der Waals surface area contributed by atoms with Crippen molar-refractivity contribution in [3.8, 4) is 5.75 Å². The van der Waals surface area contributed by atoms with Gasteiger partial charge in [0.05, 0.1) is 7.11 Å². The van der Waals surface area contributed by atoms with E-state index in [9.17, 15) is 9.18 Å². The van der Waals surface area contributed by atoms with Crippen LogP contribution in [0.2, 0.25) is 0 Å². The highest BCUT2D eigenvalue weighted by Gasteiger charge is 2.23. The zero-order valence-electron chi connectivity index (χ0n) is 17.5. The van der Waals surface area contributed by atoms with Crippen molar-refractivity contribution < 1.29 is 13.9 Å². The molecule has 1 amide bonds. The van der Waals surface area contributed by atoms with Crippen molar-refractivity contribution in [2.24, 2.45) is 0 Å². The highest BCUT2D eigenvalue weighted by molar-refractivity contribution is 5.94. The quantitative estimate of drug-likeness (QED) is 0.712. The van der Waals surface area contributed by atoms with Crippen LogP contribution in [-0.2, 0) is 6.54 Å². The number of carbonyl (C=O) groups is 1. The van der Waals surface area contributed by atoms with Gasteiger partial charge in [0.2, 0.25) is 0 Å². The molecule has 1 aliphatic rings. The molecule has 0 N–H and O–H groups in total. The molecule has 6 heteroatoms. The molecule has 0 bridgehead atoms. The van der Waals surface area contributed by atoms with Crippen molar-refractivity contribution in [1.29, 1.82) is 0 Å². The molecular weight excluding hydrogens is 369 g/mol. The summed E-state index contributed by atoms with van der Waals surface area (Å²) in [6.07, 6.45) is 0. The number of nitrogens with zero attached hydrogens (tertiary/aromatic N) is 3. The summed E-state index contributed by atoms with van der Waals surface area (Å²) in [5, 5.41) is 0. The molecule has 29 heavy (non-hydrogen) atoms. The maximum Gasteiger partial charge on any atom is 0.253 e. The van der Waals surface area contributed by atoms with Crippen LogP contribution in [0.15, 0.2) is 42.5 Å². The summed E-state index contributed by atoms with van der Waals surface area (Å²) in [6.45, 7) is 9.59. The molecule has 156 valence electrons. The lowest BCUT2D eigenvalue weighted by Gasteiger charge is -2.35. The predicted octanol–water partition coefficient (Wildman–Crippen LogP) is 3.64. The Labute approximate surface area is 172 Å². The third-order valence-electron chi connectivity index (χ3n) is 5.54. The van der Waals surface area contributed by atoms with E-state index < -0.39 is 0 Å². The van der Waals surface area contributed by atoms with E-state index in [4.69, 9.17) is 4.74 Å². The van der Waals surface area contributed by atoms with Crippen LogP contribution in [0, 0.1) is 5.82 Å². The van der Waals surface area contributed by atoms with Gasteiger partial charge in [0.25, 0.3) is 5.91 Å². The van der Waals surface area contributed by atoms with Crippen LogP contribution in [0.5, 0.6) is 5.75 Å². The highest BCUT2D eigenvalue weighted by atomic mass is 19.1. The van der Waals surface area contributed by atoms with Crippen molar-refractivity contribution in [3.05, 3.63) is 59.4 Å². The first-order valence-corrected chi connectivity index (χ1v) is 10.2. The van der Waals surface area contributed by atoms with Crippen molar-refractivity contribution >= 4 is 11.6 Å². The second-order valence-electron chi connectivity index (χ2n) is 7.24. The van der Waals surface area contributed by atoms with Crippen LogP contribution < -0.4 is 9.64 Å². The lowest BCUT2D eigenvalue weighted by atomic mass is 10.1. The number of rotatable bonds is 7. The van der Waals surface area contributed by atoms with Gasteiger partial charge < -0.3 is 14.5 Å². The number of amides is 1. The number of carbonyl (C=O) groups excluding carboxylic acids is 1. The number of piperazine rings is 1. The molecule has 0 aliphatic carbocycles. The van der Waals surface area contributed by atoms with Gasteiger partial charge in [-0.05, 0) is 56.3 Å². The molecule has 3 rings (SSSR count). The minimum Gasteiger partial charge on any atom is -0.496 e. The maximum atomic E-state index is 13.6. The van der Waals surface area contributed by atoms with Gasteiger partial charge in [-0.15, -0.1) is 0 Å². The topological polar surface area (TPSA) is 36.0 Å². The maximum absolute atomic E-state index is 13.6. The molecule has 1 heterocycles. The van der Waals surface area contributed by atoms with E-state index in [0.29, 0.717) is 25.4 Å². The van der Waals surface area contributed by atoms with Gasteiger partial charge in [-0.3, -0.25) is 9.69 Å². The molecule has 0 atom stereocenters. The van der Waals surface area contributed by atoms with Gasteiger partial charge in [0.1, 0.15) is 11.6 Å². The Bertz CT molecular complexity index is 813. The Morgan fingerprint density at radius 2 is 1.69 bits per heavy atom. The van der Waals surface area contributed by atoms with Crippen molar-refractivity contribution in [2.45, 2.75) is 20.4 Å². The van der Waals surface area contributed by atoms with Gasteiger partial charge >= 0.3 is 0 Å². The Balaban J connectivity index is 1.58. The normalized spacial score (nSPS) is 14.7. The summed E-state index contributed by atoms with van der Waals surface area (Å²) in [5.74, 6) is 0.500.